The Morgan fingerprint density at radius 3 is 2.73 bits per heavy atom. The maximum atomic E-state index is 14.6. The lowest BCUT2D eigenvalue weighted by atomic mass is 10.1. The zero-order chi connectivity index (χ0) is 20.8. The number of anilines is 2. The average molecular weight is 412 g/mol. The topological polar surface area (TPSA) is 86.4 Å². The largest absolute Gasteiger partial charge is 0.378 e. The number of aromatic nitrogens is 3. The first-order valence-corrected chi connectivity index (χ1v) is 10.1. The molecule has 2 aliphatic heterocycles. The van der Waals surface area contributed by atoms with E-state index >= 15 is 0 Å². The van der Waals surface area contributed by atoms with E-state index in [2.05, 4.69) is 25.2 Å². The number of hydrogen-bond acceptors (Lipinski definition) is 5. The van der Waals surface area contributed by atoms with Crippen molar-refractivity contribution in [1.29, 1.82) is 0 Å². The average Bonchev–Trinajstić information content (AvgIpc) is 3.33. The number of nitrogens with one attached hydrogen (secondary N) is 2. The number of likely N-dealkylation sites (tertiary alicyclic amines) is 1. The molecule has 0 spiro atoms. The molecular weight excluding hydrogens is 387 g/mol. The third kappa shape index (κ3) is 4.85. The van der Waals surface area contributed by atoms with E-state index in [1.54, 1.807) is 35.5 Å². The van der Waals surface area contributed by atoms with E-state index in [1.165, 1.54) is 12.4 Å². The van der Waals surface area contributed by atoms with E-state index in [0.29, 0.717) is 30.2 Å². The minimum atomic E-state index is -0.407. The second-order valence-corrected chi connectivity index (χ2v) is 7.19. The van der Waals surface area contributed by atoms with Crippen LogP contribution >= 0.6 is 0 Å². The minimum Gasteiger partial charge on any atom is -0.378 e. The van der Waals surface area contributed by atoms with E-state index < -0.39 is 5.82 Å². The van der Waals surface area contributed by atoms with E-state index in [1.807, 2.05) is 0 Å². The summed E-state index contributed by atoms with van der Waals surface area (Å²) >= 11 is 0. The van der Waals surface area contributed by atoms with Crippen molar-refractivity contribution in [1.82, 2.24) is 19.9 Å². The Morgan fingerprint density at radius 1 is 1.13 bits per heavy atom. The van der Waals surface area contributed by atoms with Crippen LogP contribution < -0.4 is 10.2 Å². The molecule has 0 bridgehead atoms. The van der Waals surface area contributed by atoms with Gasteiger partial charge in [-0.25, -0.2) is 19.2 Å². The maximum absolute atomic E-state index is 14.6. The van der Waals surface area contributed by atoms with Crippen molar-refractivity contribution < 1.29 is 13.9 Å². The van der Waals surface area contributed by atoms with Crippen LogP contribution in [-0.4, -0.2) is 65.3 Å². The predicted octanol–water partition coefficient (Wildman–Crippen LogP) is 3.20. The molecule has 2 N–H and O–H groups in total. The van der Waals surface area contributed by atoms with Gasteiger partial charge in [0.2, 0.25) is 0 Å². The Morgan fingerprint density at radius 2 is 1.93 bits per heavy atom. The van der Waals surface area contributed by atoms with Crippen molar-refractivity contribution in [2.75, 3.05) is 49.6 Å². The van der Waals surface area contributed by atoms with E-state index in [9.17, 15) is 9.18 Å². The summed E-state index contributed by atoms with van der Waals surface area (Å²) in [6, 6.07) is 6.04. The molecule has 4 rings (SSSR count). The number of benzene rings is 1. The number of halogens is 1. The van der Waals surface area contributed by atoms with Crippen molar-refractivity contribution in [2.45, 2.75) is 12.8 Å². The molecule has 8 nitrogen and oxygen atoms in total. The fraction of sp³-hybridized carbons (Fsp3) is 0.381. The van der Waals surface area contributed by atoms with Gasteiger partial charge in [-0.05, 0) is 37.1 Å². The summed E-state index contributed by atoms with van der Waals surface area (Å²) in [6.07, 6.45) is 6.80. The minimum absolute atomic E-state index is 0.163. The summed E-state index contributed by atoms with van der Waals surface area (Å²) in [5.74, 6) is 0.316. The number of nitrogens with zero attached hydrogens (tertiary/aromatic N) is 4. The highest BCUT2D eigenvalue weighted by molar-refractivity contribution is 5.90. The summed E-state index contributed by atoms with van der Waals surface area (Å²) < 4.78 is 19.9. The summed E-state index contributed by atoms with van der Waals surface area (Å²) in [5, 5.41) is 2.85. The molecule has 9 heteroatoms. The Hall–Kier alpha value is -3.20. The lowest BCUT2D eigenvalue weighted by molar-refractivity contribution is 0.122. The highest BCUT2D eigenvalue weighted by Gasteiger charge is 2.18. The highest BCUT2D eigenvalue weighted by Crippen LogP contribution is 2.24. The maximum Gasteiger partial charge on any atom is 0.321 e. The molecule has 2 amide bonds. The number of aromatic amines is 1. The molecule has 1 aromatic carbocycles. The molecule has 158 valence electrons. The molecular formula is C21H25FN6O2. The van der Waals surface area contributed by atoms with E-state index in [0.717, 1.165) is 44.8 Å². The summed E-state index contributed by atoms with van der Waals surface area (Å²) in [6.45, 7) is 4.29. The first kappa shape index (κ1) is 20.1. The summed E-state index contributed by atoms with van der Waals surface area (Å²) in [4.78, 5) is 27.9. The van der Waals surface area contributed by atoms with Gasteiger partial charge in [-0.15, -0.1) is 0 Å². The van der Waals surface area contributed by atoms with Gasteiger partial charge < -0.3 is 24.8 Å². The van der Waals surface area contributed by atoms with Crippen LogP contribution in [0.5, 0.6) is 0 Å². The summed E-state index contributed by atoms with van der Waals surface area (Å²) in [5.41, 5.74) is 1.35. The number of hydrogen-bond donors (Lipinski definition) is 2. The highest BCUT2D eigenvalue weighted by atomic mass is 19.1. The first-order chi connectivity index (χ1) is 14.7. The molecule has 0 radical (unpaired) electrons. The van der Waals surface area contributed by atoms with Crippen LogP contribution in [0.4, 0.5) is 20.7 Å². The van der Waals surface area contributed by atoms with Gasteiger partial charge in [0.15, 0.2) is 0 Å². The lowest BCUT2D eigenvalue weighted by Gasteiger charge is -2.26. The van der Waals surface area contributed by atoms with Gasteiger partial charge in [0.05, 0.1) is 31.4 Å². The number of carbonyl (C=O) groups excluding carboxylic acids is 1. The molecule has 0 aliphatic carbocycles. The molecule has 0 saturated carbocycles. The van der Waals surface area contributed by atoms with Gasteiger partial charge >= 0.3 is 6.03 Å². The molecule has 3 heterocycles. The van der Waals surface area contributed by atoms with Crippen LogP contribution in [0, 0.1) is 5.82 Å². The van der Waals surface area contributed by atoms with Crippen molar-refractivity contribution in [3.05, 3.63) is 48.8 Å². The molecule has 2 fully saturated rings. The second-order valence-electron chi connectivity index (χ2n) is 7.19. The number of ether oxygens (including phenoxy) is 1. The number of morpholine rings is 1. The SMILES string of the molecule is O=C(Nc1ccc(F)c(-c2ccnc(N3CCOCC3)cnc[nH]2)c1)N1CCCC1. The monoisotopic (exact) mass is 412 g/mol. The molecule has 2 saturated heterocycles. The molecule has 1 aromatic heterocycles. The third-order valence-corrected chi connectivity index (χ3v) is 5.17. The number of urea groups is 1. The molecule has 0 unspecified atom stereocenters. The quantitative estimate of drug-likeness (QED) is 0.809. The van der Waals surface area contributed by atoms with Crippen LogP contribution in [-0.2, 0) is 4.74 Å². The zero-order valence-corrected chi connectivity index (χ0v) is 16.7. The number of H-pyrrole nitrogens is 1. The Bertz CT molecular complexity index is 937. The number of amides is 2. The Kier molecular flexibility index (Phi) is 6.38. The Labute approximate surface area is 174 Å². The molecule has 0 atom stereocenters. The predicted molar refractivity (Wildman–Crippen MR) is 112 cm³/mol. The van der Waals surface area contributed by atoms with Crippen molar-refractivity contribution in [2.24, 2.45) is 0 Å². The van der Waals surface area contributed by atoms with Gasteiger partial charge in [0.25, 0.3) is 0 Å². The van der Waals surface area contributed by atoms with Crippen LogP contribution in [0.2, 0.25) is 0 Å². The summed E-state index contributed by atoms with van der Waals surface area (Å²) in [7, 11) is 0. The second kappa shape index (κ2) is 9.53. The standard InChI is InChI=1S/C21H25FN6O2/c22-18-4-3-16(26-21(29)28-7-1-2-8-28)13-17(18)19-5-6-24-20(14-23-15-25-19)27-9-11-30-12-10-27/h3-6,13-15H,1-2,7-12H2,(H,23,25)(H,26,29). The normalized spacial score (nSPS) is 16.3. The fourth-order valence-corrected chi connectivity index (χ4v) is 3.54. The van der Waals surface area contributed by atoms with Crippen molar-refractivity contribution in [3.8, 4) is 11.3 Å². The number of carbonyl (C=O) groups is 1. The van der Waals surface area contributed by atoms with E-state index in [-0.39, 0.29) is 6.03 Å². The Balaban J connectivity index is 1.58. The van der Waals surface area contributed by atoms with Crippen LogP contribution in [0.25, 0.3) is 11.3 Å². The van der Waals surface area contributed by atoms with Crippen LogP contribution in [0.3, 0.4) is 0 Å². The lowest BCUT2D eigenvalue weighted by Crippen LogP contribution is -2.36. The van der Waals surface area contributed by atoms with Gasteiger partial charge in [-0.2, -0.15) is 0 Å². The van der Waals surface area contributed by atoms with Crippen LogP contribution in [0.1, 0.15) is 12.8 Å². The third-order valence-electron chi connectivity index (χ3n) is 5.17. The first-order valence-electron chi connectivity index (χ1n) is 10.1. The van der Waals surface area contributed by atoms with E-state index in [4.69, 9.17) is 4.74 Å². The van der Waals surface area contributed by atoms with Crippen molar-refractivity contribution in [3.63, 3.8) is 0 Å². The van der Waals surface area contributed by atoms with Gasteiger partial charge in [0.1, 0.15) is 11.6 Å². The van der Waals surface area contributed by atoms with Crippen LogP contribution in [0.15, 0.2) is 43.0 Å². The molecule has 30 heavy (non-hydrogen) atoms. The molecule has 2 aliphatic rings. The zero-order valence-electron chi connectivity index (χ0n) is 16.7. The molecule has 2 aromatic rings. The van der Waals surface area contributed by atoms with Gasteiger partial charge in [0, 0.05) is 43.6 Å². The van der Waals surface area contributed by atoms with Crippen molar-refractivity contribution >= 4 is 17.5 Å². The fourth-order valence-electron chi connectivity index (χ4n) is 3.54. The number of rotatable bonds is 3. The van der Waals surface area contributed by atoms with Gasteiger partial charge in [-0.3, -0.25) is 0 Å². The van der Waals surface area contributed by atoms with Gasteiger partial charge in [-0.1, -0.05) is 0 Å². The smallest absolute Gasteiger partial charge is 0.321 e.